The van der Waals surface area contributed by atoms with Gasteiger partial charge in [-0.05, 0) is 53.4 Å². The molecule has 1 aromatic rings. The summed E-state index contributed by atoms with van der Waals surface area (Å²) in [5.41, 5.74) is 0.501. The van der Waals surface area contributed by atoms with Crippen LogP contribution in [0.2, 0.25) is 0 Å². The maximum Gasteiger partial charge on any atom is 0.253 e. The Hall–Kier alpha value is -0.900. The molecule has 100 valence electrons. The highest BCUT2D eigenvalue weighted by molar-refractivity contribution is 9.10. The van der Waals surface area contributed by atoms with E-state index in [4.69, 9.17) is 0 Å². The van der Waals surface area contributed by atoms with Gasteiger partial charge in [0.25, 0.3) is 5.91 Å². The second-order valence-corrected chi connectivity index (χ2v) is 5.88. The summed E-state index contributed by atoms with van der Waals surface area (Å²) in [6.07, 6.45) is 0.949. The molecule has 0 aliphatic rings. The van der Waals surface area contributed by atoms with E-state index in [-0.39, 0.29) is 17.8 Å². The number of carbonyl (C=O) groups is 1. The Bertz CT molecular complexity index is 434. The minimum atomic E-state index is -0.357. The van der Waals surface area contributed by atoms with Crippen LogP contribution in [0.5, 0.6) is 0 Å². The Balaban J connectivity index is 2.82. The summed E-state index contributed by atoms with van der Waals surface area (Å²) in [7, 11) is 1.78. The van der Waals surface area contributed by atoms with Crippen molar-refractivity contribution in [3.8, 4) is 0 Å². The summed E-state index contributed by atoms with van der Waals surface area (Å²) in [4.78, 5) is 13.9. The quantitative estimate of drug-likeness (QED) is 0.819. The van der Waals surface area contributed by atoms with Gasteiger partial charge in [-0.3, -0.25) is 4.79 Å². The van der Waals surface area contributed by atoms with Crippen molar-refractivity contribution in [3.05, 3.63) is 34.1 Å². The molecule has 0 bridgehead atoms. The van der Waals surface area contributed by atoms with Crippen LogP contribution in [-0.4, -0.2) is 23.9 Å². The summed E-state index contributed by atoms with van der Waals surface area (Å²) < 4.78 is 13.4. The molecule has 0 aromatic heterocycles. The predicted molar refractivity (Wildman–Crippen MR) is 75.1 cm³/mol. The molecule has 1 unspecified atom stereocenters. The molecular formula is C14H19BrFNO. The number of amides is 1. The van der Waals surface area contributed by atoms with Gasteiger partial charge in [0.2, 0.25) is 0 Å². The van der Waals surface area contributed by atoms with E-state index in [9.17, 15) is 9.18 Å². The van der Waals surface area contributed by atoms with E-state index in [1.807, 2.05) is 6.92 Å². The standard InChI is InChI=1S/C14H19BrFNO/c1-9(2)7-10(3)17(4)14(18)11-5-6-13(16)12(15)8-11/h5-6,8-10H,7H2,1-4H3. The molecule has 0 heterocycles. The van der Waals surface area contributed by atoms with Crippen molar-refractivity contribution < 1.29 is 9.18 Å². The number of benzene rings is 1. The van der Waals surface area contributed by atoms with Gasteiger partial charge in [-0.25, -0.2) is 4.39 Å². The fourth-order valence-electron chi connectivity index (χ4n) is 1.87. The largest absolute Gasteiger partial charge is 0.339 e. The van der Waals surface area contributed by atoms with Crippen molar-refractivity contribution >= 4 is 21.8 Å². The van der Waals surface area contributed by atoms with Gasteiger partial charge in [-0.15, -0.1) is 0 Å². The highest BCUT2D eigenvalue weighted by Crippen LogP contribution is 2.19. The second-order valence-electron chi connectivity index (χ2n) is 5.02. The van der Waals surface area contributed by atoms with E-state index in [2.05, 4.69) is 29.8 Å². The number of nitrogens with zero attached hydrogens (tertiary/aromatic N) is 1. The Morgan fingerprint density at radius 3 is 2.50 bits per heavy atom. The van der Waals surface area contributed by atoms with Crippen molar-refractivity contribution in [2.75, 3.05) is 7.05 Å². The average Bonchev–Trinajstić information content (AvgIpc) is 2.30. The highest BCUT2D eigenvalue weighted by Gasteiger charge is 2.19. The average molecular weight is 316 g/mol. The van der Waals surface area contributed by atoms with E-state index in [0.29, 0.717) is 16.0 Å². The molecule has 18 heavy (non-hydrogen) atoms. The molecule has 0 aliphatic carbocycles. The lowest BCUT2D eigenvalue weighted by Gasteiger charge is -2.26. The maximum atomic E-state index is 13.1. The Morgan fingerprint density at radius 1 is 1.39 bits per heavy atom. The third-order valence-electron chi connectivity index (χ3n) is 2.96. The number of carbonyl (C=O) groups excluding carboxylic acids is 1. The lowest BCUT2D eigenvalue weighted by molar-refractivity contribution is 0.0728. The Labute approximate surface area is 116 Å². The van der Waals surface area contributed by atoms with Gasteiger partial charge in [0.1, 0.15) is 5.82 Å². The van der Waals surface area contributed by atoms with Crippen LogP contribution in [0.15, 0.2) is 22.7 Å². The van der Waals surface area contributed by atoms with Crippen molar-refractivity contribution in [2.45, 2.75) is 33.2 Å². The number of rotatable bonds is 4. The molecule has 2 nitrogen and oxygen atoms in total. The summed E-state index contributed by atoms with van der Waals surface area (Å²) in [5, 5.41) is 0. The number of hydrogen-bond donors (Lipinski definition) is 0. The van der Waals surface area contributed by atoms with Crippen LogP contribution >= 0.6 is 15.9 Å². The molecule has 0 N–H and O–H groups in total. The predicted octanol–water partition coefficient (Wildman–Crippen LogP) is 4.09. The van der Waals surface area contributed by atoms with Crippen LogP contribution in [0.1, 0.15) is 37.6 Å². The summed E-state index contributed by atoms with van der Waals surface area (Å²) >= 11 is 3.10. The molecule has 1 amide bonds. The van der Waals surface area contributed by atoms with Crippen molar-refractivity contribution in [1.82, 2.24) is 4.90 Å². The van der Waals surface area contributed by atoms with E-state index < -0.39 is 0 Å². The van der Waals surface area contributed by atoms with Crippen molar-refractivity contribution in [1.29, 1.82) is 0 Å². The molecule has 1 rings (SSSR count). The molecule has 1 aromatic carbocycles. The second kappa shape index (κ2) is 6.32. The maximum absolute atomic E-state index is 13.1. The highest BCUT2D eigenvalue weighted by atomic mass is 79.9. The monoisotopic (exact) mass is 315 g/mol. The molecular weight excluding hydrogens is 297 g/mol. The summed E-state index contributed by atoms with van der Waals surface area (Å²) in [5.74, 6) is 0.100. The first-order valence-corrected chi connectivity index (χ1v) is 6.84. The molecule has 4 heteroatoms. The van der Waals surface area contributed by atoms with Crippen LogP contribution in [-0.2, 0) is 0 Å². The molecule has 0 radical (unpaired) electrons. The van der Waals surface area contributed by atoms with Crippen LogP contribution in [0.3, 0.4) is 0 Å². The van der Waals surface area contributed by atoms with Gasteiger partial charge in [-0.2, -0.15) is 0 Å². The SMILES string of the molecule is CC(C)CC(C)N(C)C(=O)c1ccc(F)c(Br)c1. The zero-order valence-electron chi connectivity index (χ0n) is 11.2. The fraction of sp³-hybridized carbons (Fsp3) is 0.500. The van der Waals surface area contributed by atoms with E-state index >= 15 is 0 Å². The van der Waals surface area contributed by atoms with Crippen LogP contribution in [0, 0.1) is 11.7 Å². The molecule has 0 aliphatic heterocycles. The third kappa shape index (κ3) is 3.80. The van der Waals surface area contributed by atoms with E-state index in [1.54, 1.807) is 11.9 Å². The summed E-state index contributed by atoms with van der Waals surface area (Å²) in [6.45, 7) is 6.28. The lowest BCUT2D eigenvalue weighted by atomic mass is 10.0. The van der Waals surface area contributed by atoms with Crippen LogP contribution in [0.4, 0.5) is 4.39 Å². The van der Waals surface area contributed by atoms with Gasteiger partial charge in [0, 0.05) is 18.7 Å². The van der Waals surface area contributed by atoms with Gasteiger partial charge < -0.3 is 4.90 Å². The molecule has 1 atom stereocenters. The number of hydrogen-bond acceptors (Lipinski definition) is 1. The van der Waals surface area contributed by atoms with Gasteiger partial charge in [0.05, 0.1) is 4.47 Å². The first-order chi connectivity index (χ1) is 8.32. The number of halogens is 2. The lowest BCUT2D eigenvalue weighted by Crippen LogP contribution is -2.35. The van der Waals surface area contributed by atoms with Crippen molar-refractivity contribution in [3.63, 3.8) is 0 Å². The Kier molecular flexibility index (Phi) is 5.32. The minimum absolute atomic E-state index is 0.0798. The molecule has 0 spiro atoms. The molecule has 0 saturated heterocycles. The molecule has 0 saturated carbocycles. The van der Waals surface area contributed by atoms with Gasteiger partial charge in [0.15, 0.2) is 0 Å². The van der Waals surface area contributed by atoms with Gasteiger partial charge in [-0.1, -0.05) is 13.8 Å². The zero-order chi connectivity index (χ0) is 13.9. The minimum Gasteiger partial charge on any atom is -0.339 e. The van der Waals surface area contributed by atoms with E-state index in [0.717, 1.165) is 6.42 Å². The topological polar surface area (TPSA) is 20.3 Å². The smallest absolute Gasteiger partial charge is 0.253 e. The summed E-state index contributed by atoms with van der Waals surface area (Å²) in [6, 6.07) is 4.51. The normalized spacial score (nSPS) is 12.6. The van der Waals surface area contributed by atoms with Crippen LogP contribution in [0.25, 0.3) is 0 Å². The first kappa shape index (κ1) is 15.2. The van der Waals surface area contributed by atoms with E-state index in [1.165, 1.54) is 18.2 Å². The third-order valence-corrected chi connectivity index (χ3v) is 3.57. The molecule has 0 fully saturated rings. The van der Waals surface area contributed by atoms with Gasteiger partial charge >= 0.3 is 0 Å². The van der Waals surface area contributed by atoms with Crippen LogP contribution < -0.4 is 0 Å². The first-order valence-electron chi connectivity index (χ1n) is 6.05. The zero-order valence-corrected chi connectivity index (χ0v) is 12.8. The fourth-order valence-corrected chi connectivity index (χ4v) is 2.25. The Morgan fingerprint density at radius 2 is 2.00 bits per heavy atom. The van der Waals surface area contributed by atoms with Crippen molar-refractivity contribution in [2.24, 2.45) is 5.92 Å².